The van der Waals surface area contributed by atoms with E-state index in [0.717, 1.165) is 4.90 Å². The normalized spacial score (nSPS) is 11.8. The fourth-order valence-electron chi connectivity index (χ4n) is 1.64. The molecule has 0 aliphatic rings. The molecule has 0 amide bonds. The molecule has 20 heavy (non-hydrogen) atoms. The number of hydrogen-bond donors (Lipinski definition) is 1. The molecule has 8 heteroatoms. The van der Waals surface area contributed by atoms with E-state index in [4.69, 9.17) is 0 Å². The van der Waals surface area contributed by atoms with E-state index in [1.165, 1.54) is 13.8 Å². The third-order valence-corrected chi connectivity index (χ3v) is 2.50. The van der Waals surface area contributed by atoms with Gasteiger partial charge in [-0.15, -0.1) is 0 Å². The highest BCUT2D eigenvalue weighted by molar-refractivity contribution is 5.50. The first-order valence-corrected chi connectivity index (χ1v) is 6.09. The highest BCUT2D eigenvalue weighted by Crippen LogP contribution is 2.27. The Morgan fingerprint density at radius 2 is 1.85 bits per heavy atom. The molecule has 1 aromatic rings. The minimum absolute atomic E-state index is 0.267. The number of aromatic nitrogens is 1. The summed E-state index contributed by atoms with van der Waals surface area (Å²) in [5.41, 5.74) is 0. The van der Waals surface area contributed by atoms with Gasteiger partial charge in [-0.2, -0.15) is 13.2 Å². The molecule has 1 heterocycles. The summed E-state index contributed by atoms with van der Waals surface area (Å²) < 4.78 is 64.7. The molecule has 0 bridgehead atoms. The summed E-state index contributed by atoms with van der Waals surface area (Å²) in [5.74, 6) is -2.85. The average Bonchev–Trinajstić information content (AvgIpc) is 2.29. The van der Waals surface area contributed by atoms with Crippen LogP contribution in [-0.2, 0) is 0 Å². The maximum atomic E-state index is 13.7. The molecule has 0 aliphatic carbocycles. The molecule has 1 aromatic heterocycles. The van der Waals surface area contributed by atoms with Gasteiger partial charge in [0, 0.05) is 18.7 Å². The molecule has 0 saturated heterocycles. The first-order valence-electron chi connectivity index (χ1n) is 6.09. The highest BCUT2D eigenvalue weighted by atomic mass is 19.4. The van der Waals surface area contributed by atoms with E-state index in [0.29, 0.717) is 12.6 Å². The van der Waals surface area contributed by atoms with Crippen LogP contribution in [-0.4, -0.2) is 30.3 Å². The van der Waals surface area contributed by atoms with Gasteiger partial charge in [-0.25, -0.2) is 13.8 Å². The van der Waals surface area contributed by atoms with E-state index >= 15 is 0 Å². The second kappa shape index (κ2) is 6.23. The van der Waals surface area contributed by atoms with Crippen molar-refractivity contribution in [3.63, 3.8) is 0 Å². The van der Waals surface area contributed by atoms with Gasteiger partial charge in [-0.3, -0.25) is 0 Å². The lowest BCUT2D eigenvalue weighted by Crippen LogP contribution is -2.40. The molecule has 1 N–H and O–H groups in total. The number of alkyl halides is 3. The van der Waals surface area contributed by atoms with E-state index in [1.54, 1.807) is 6.92 Å². The summed E-state index contributed by atoms with van der Waals surface area (Å²) in [6, 6.07) is -0.106. The van der Waals surface area contributed by atoms with Crippen molar-refractivity contribution in [3.8, 4) is 0 Å². The minimum Gasteiger partial charge on any atom is -0.368 e. The van der Waals surface area contributed by atoms with Gasteiger partial charge in [0.2, 0.25) is 0 Å². The number of rotatable bonds is 5. The maximum Gasteiger partial charge on any atom is 0.405 e. The van der Waals surface area contributed by atoms with Gasteiger partial charge in [0.25, 0.3) is 0 Å². The Balaban J connectivity index is 3.22. The zero-order chi connectivity index (χ0) is 15.5. The maximum absolute atomic E-state index is 13.7. The van der Waals surface area contributed by atoms with E-state index < -0.39 is 36.2 Å². The molecule has 114 valence electrons. The monoisotopic (exact) mass is 297 g/mol. The van der Waals surface area contributed by atoms with Gasteiger partial charge >= 0.3 is 6.18 Å². The van der Waals surface area contributed by atoms with Crippen LogP contribution >= 0.6 is 0 Å². The zero-order valence-electron chi connectivity index (χ0n) is 11.4. The molecule has 0 atom stereocenters. The van der Waals surface area contributed by atoms with Crippen molar-refractivity contribution in [2.75, 3.05) is 23.3 Å². The van der Waals surface area contributed by atoms with Crippen LogP contribution in [0.15, 0.2) is 6.07 Å². The van der Waals surface area contributed by atoms with Crippen molar-refractivity contribution >= 4 is 11.6 Å². The summed E-state index contributed by atoms with van der Waals surface area (Å²) in [5, 5.41) is 2.54. The molecular weight excluding hydrogens is 281 g/mol. The summed E-state index contributed by atoms with van der Waals surface area (Å²) in [6.07, 6.45) is -4.51. The third kappa shape index (κ3) is 4.21. The molecule has 0 unspecified atom stereocenters. The third-order valence-electron chi connectivity index (χ3n) is 2.50. The Bertz CT molecular complexity index is 459. The van der Waals surface area contributed by atoms with Gasteiger partial charge in [0.05, 0.1) is 0 Å². The summed E-state index contributed by atoms with van der Waals surface area (Å²) in [4.78, 5) is 4.38. The number of nitrogens with one attached hydrogen (secondary N) is 1. The van der Waals surface area contributed by atoms with Crippen LogP contribution in [0.4, 0.5) is 33.6 Å². The van der Waals surface area contributed by atoms with Crippen molar-refractivity contribution in [1.82, 2.24) is 4.98 Å². The Kier molecular flexibility index (Phi) is 5.13. The lowest BCUT2D eigenvalue weighted by molar-refractivity contribution is -0.120. The van der Waals surface area contributed by atoms with Crippen LogP contribution < -0.4 is 10.2 Å². The molecule has 3 nitrogen and oxygen atoms in total. The summed E-state index contributed by atoms with van der Waals surface area (Å²) in [6.45, 7) is 3.58. The van der Waals surface area contributed by atoms with Crippen molar-refractivity contribution in [3.05, 3.63) is 17.7 Å². The van der Waals surface area contributed by atoms with Crippen LogP contribution in [0.1, 0.15) is 20.8 Å². The van der Waals surface area contributed by atoms with Crippen LogP contribution in [0.25, 0.3) is 0 Å². The fourth-order valence-corrected chi connectivity index (χ4v) is 1.64. The second-order valence-electron chi connectivity index (χ2n) is 4.49. The summed E-state index contributed by atoms with van der Waals surface area (Å²) >= 11 is 0. The largest absolute Gasteiger partial charge is 0.405 e. The van der Waals surface area contributed by atoms with Crippen molar-refractivity contribution in [2.45, 2.75) is 33.0 Å². The van der Waals surface area contributed by atoms with Gasteiger partial charge < -0.3 is 10.2 Å². The Morgan fingerprint density at radius 3 is 2.30 bits per heavy atom. The lowest BCUT2D eigenvalue weighted by Gasteiger charge is -2.29. The predicted octanol–water partition coefficient (Wildman–Crippen LogP) is 3.57. The van der Waals surface area contributed by atoms with Crippen molar-refractivity contribution in [2.24, 2.45) is 0 Å². The number of halogens is 5. The molecule has 0 aliphatic heterocycles. The molecule has 0 spiro atoms. The van der Waals surface area contributed by atoms with Gasteiger partial charge in [-0.1, -0.05) is 0 Å². The molecule has 0 radical (unpaired) electrons. The van der Waals surface area contributed by atoms with E-state index in [2.05, 4.69) is 10.3 Å². The number of hydrogen-bond acceptors (Lipinski definition) is 3. The van der Waals surface area contributed by atoms with Crippen molar-refractivity contribution < 1.29 is 22.0 Å². The highest BCUT2D eigenvalue weighted by Gasteiger charge is 2.34. The zero-order valence-corrected chi connectivity index (χ0v) is 11.4. The standard InChI is InChI=1S/C12H16F5N3/c1-4-18-10-8(13)5-9(14)11(19-10)20(7(2)3)6-12(15,16)17/h5,7H,4,6H2,1-3H3,(H,18,19). The van der Waals surface area contributed by atoms with Gasteiger partial charge in [-0.05, 0) is 20.8 Å². The molecule has 0 saturated carbocycles. The Labute approximate surface area is 113 Å². The van der Waals surface area contributed by atoms with Crippen LogP contribution in [0, 0.1) is 11.6 Å². The molecular formula is C12H16F5N3. The van der Waals surface area contributed by atoms with E-state index in [-0.39, 0.29) is 5.82 Å². The van der Waals surface area contributed by atoms with Crippen LogP contribution in [0.5, 0.6) is 0 Å². The lowest BCUT2D eigenvalue weighted by atomic mass is 10.3. The minimum atomic E-state index is -4.51. The number of nitrogens with zero attached hydrogens (tertiary/aromatic N) is 2. The molecule has 0 aromatic carbocycles. The van der Waals surface area contributed by atoms with E-state index in [1.807, 2.05) is 0 Å². The first-order chi connectivity index (χ1) is 9.15. The predicted molar refractivity (Wildman–Crippen MR) is 66.9 cm³/mol. The van der Waals surface area contributed by atoms with Crippen LogP contribution in [0.3, 0.4) is 0 Å². The fraction of sp³-hybridized carbons (Fsp3) is 0.583. The Morgan fingerprint density at radius 1 is 1.25 bits per heavy atom. The number of pyridine rings is 1. The van der Waals surface area contributed by atoms with Crippen LogP contribution in [0.2, 0.25) is 0 Å². The van der Waals surface area contributed by atoms with Gasteiger partial charge in [0.1, 0.15) is 6.54 Å². The second-order valence-corrected chi connectivity index (χ2v) is 4.49. The number of anilines is 2. The average molecular weight is 297 g/mol. The molecule has 1 rings (SSSR count). The smallest absolute Gasteiger partial charge is 0.368 e. The Hall–Kier alpha value is -1.60. The topological polar surface area (TPSA) is 28.2 Å². The summed E-state index contributed by atoms with van der Waals surface area (Å²) in [7, 11) is 0. The van der Waals surface area contributed by atoms with Gasteiger partial charge in [0.15, 0.2) is 23.3 Å². The van der Waals surface area contributed by atoms with E-state index in [9.17, 15) is 22.0 Å². The molecule has 0 fully saturated rings. The first kappa shape index (κ1) is 16.5. The quantitative estimate of drug-likeness (QED) is 0.842. The SMILES string of the molecule is CCNc1nc(N(CC(F)(F)F)C(C)C)c(F)cc1F. The van der Waals surface area contributed by atoms with Crippen molar-refractivity contribution in [1.29, 1.82) is 0 Å².